The summed E-state index contributed by atoms with van der Waals surface area (Å²) in [5.41, 5.74) is 9.00. The van der Waals surface area contributed by atoms with E-state index >= 15 is 0 Å². The molecule has 8 rings (SSSR count). The van der Waals surface area contributed by atoms with Crippen molar-refractivity contribution in [2.45, 2.75) is 19.3 Å². The first-order chi connectivity index (χ1) is 24.8. The molecule has 0 saturated heterocycles. The van der Waals surface area contributed by atoms with Crippen LogP contribution < -0.4 is 9.80 Å². The maximum Gasteiger partial charge on any atom is 0.143 e. The van der Waals surface area contributed by atoms with Gasteiger partial charge in [0.25, 0.3) is 0 Å². The van der Waals surface area contributed by atoms with Crippen molar-refractivity contribution in [3.8, 4) is 23.3 Å². The lowest BCUT2D eigenvalue weighted by Gasteiger charge is -2.28. The van der Waals surface area contributed by atoms with Gasteiger partial charge in [-0.1, -0.05) is 62.4 Å². The third-order valence-corrected chi connectivity index (χ3v) is 9.81. The Morgan fingerprint density at radius 1 is 0.451 bits per heavy atom. The van der Waals surface area contributed by atoms with E-state index in [1.54, 1.807) is 12.1 Å². The molecule has 0 N–H and O–H groups in total. The van der Waals surface area contributed by atoms with Crippen LogP contribution in [0.25, 0.3) is 21.9 Å². The molecule has 0 aromatic heterocycles. The minimum atomic E-state index is -0.566. The number of halogens is 2. The van der Waals surface area contributed by atoms with Gasteiger partial charge in [0.15, 0.2) is 0 Å². The summed E-state index contributed by atoms with van der Waals surface area (Å²) in [5, 5.41) is 20.8. The van der Waals surface area contributed by atoms with E-state index in [0.717, 1.165) is 50.2 Å². The van der Waals surface area contributed by atoms with E-state index in [-0.39, 0.29) is 16.5 Å². The van der Waals surface area contributed by atoms with Crippen LogP contribution in [0.5, 0.6) is 0 Å². The molecule has 244 valence electrons. The van der Waals surface area contributed by atoms with Crippen LogP contribution in [0.2, 0.25) is 0 Å². The first-order valence-electron chi connectivity index (χ1n) is 16.6. The zero-order chi connectivity index (χ0) is 35.3. The van der Waals surface area contributed by atoms with Crippen LogP contribution in [-0.2, 0) is 5.41 Å². The summed E-state index contributed by atoms with van der Waals surface area (Å²) in [4.78, 5) is 4.00. The number of hydrogen-bond donors (Lipinski definition) is 0. The summed E-state index contributed by atoms with van der Waals surface area (Å²) in [7, 11) is 0. The van der Waals surface area contributed by atoms with Gasteiger partial charge in [-0.25, -0.2) is 8.78 Å². The molecule has 0 amide bonds. The van der Waals surface area contributed by atoms with Gasteiger partial charge in [-0.05, 0) is 130 Å². The highest BCUT2D eigenvalue weighted by Crippen LogP contribution is 2.52. The Morgan fingerprint density at radius 3 is 1.45 bits per heavy atom. The predicted octanol–water partition coefficient (Wildman–Crippen LogP) is 12.1. The minimum Gasteiger partial charge on any atom is -0.310 e. The number of rotatable bonds is 6. The maximum atomic E-state index is 14.9. The van der Waals surface area contributed by atoms with E-state index in [0.29, 0.717) is 11.4 Å². The van der Waals surface area contributed by atoms with Crippen molar-refractivity contribution >= 4 is 44.9 Å². The van der Waals surface area contributed by atoms with Crippen LogP contribution in [0.4, 0.5) is 42.9 Å². The summed E-state index contributed by atoms with van der Waals surface area (Å²) in [6.07, 6.45) is 0. The van der Waals surface area contributed by atoms with Crippen LogP contribution in [0.3, 0.4) is 0 Å². The molecule has 0 atom stereocenters. The summed E-state index contributed by atoms with van der Waals surface area (Å²) in [6, 6.07) is 50.0. The summed E-state index contributed by atoms with van der Waals surface area (Å²) in [6.45, 7) is 4.45. The summed E-state index contributed by atoms with van der Waals surface area (Å²) in [5.74, 6) is -1.13. The van der Waals surface area contributed by atoms with Gasteiger partial charge in [-0.2, -0.15) is 10.5 Å². The number of hydrogen-bond acceptors (Lipinski definition) is 4. The van der Waals surface area contributed by atoms with E-state index in [4.69, 9.17) is 0 Å². The van der Waals surface area contributed by atoms with E-state index in [1.807, 2.05) is 88.7 Å². The average Bonchev–Trinajstić information content (AvgIpc) is 3.36. The van der Waals surface area contributed by atoms with Crippen molar-refractivity contribution in [1.29, 1.82) is 10.5 Å². The molecular weight excluding hydrogens is 635 g/mol. The summed E-state index contributed by atoms with van der Waals surface area (Å²) < 4.78 is 29.8. The molecular formula is C45H30F2N4. The van der Waals surface area contributed by atoms with Gasteiger partial charge in [0.2, 0.25) is 0 Å². The van der Waals surface area contributed by atoms with Gasteiger partial charge in [0, 0.05) is 39.5 Å². The fraction of sp³-hybridized carbons (Fsp3) is 0.0667. The Kier molecular flexibility index (Phi) is 7.59. The van der Waals surface area contributed by atoms with Crippen molar-refractivity contribution in [2.75, 3.05) is 9.80 Å². The Balaban J connectivity index is 1.23. The first kappa shape index (κ1) is 31.5. The van der Waals surface area contributed by atoms with Gasteiger partial charge in [-0.3, -0.25) is 0 Å². The molecule has 51 heavy (non-hydrogen) atoms. The Morgan fingerprint density at radius 2 is 0.922 bits per heavy atom. The number of nitrogens with zero attached hydrogens (tertiary/aromatic N) is 4. The van der Waals surface area contributed by atoms with Gasteiger partial charge >= 0.3 is 0 Å². The number of nitriles is 2. The molecule has 0 saturated carbocycles. The minimum absolute atomic E-state index is 0.00162. The fourth-order valence-corrected chi connectivity index (χ4v) is 7.25. The van der Waals surface area contributed by atoms with E-state index in [9.17, 15) is 19.3 Å². The first-order valence-corrected chi connectivity index (χ1v) is 16.6. The normalized spacial score (nSPS) is 12.4. The van der Waals surface area contributed by atoms with Crippen LogP contribution in [0.15, 0.2) is 146 Å². The van der Waals surface area contributed by atoms with Gasteiger partial charge < -0.3 is 9.80 Å². The van der Waals surface area contributed by atoms with Crippen molar-refractivity contribution in [3.05, 3.63) is 179 Å². The molecule has 0 fully saturated rings. The second kappa shape index (κ2) is 12.3. The van der Waals surface area contributed by atoms with Gasteiger partial charge in [-0.15, -0.1) is 0 Å². The Hall–Kier alpha value is -6.76. The Bertz CT molecular complexity index is 2570. The molecule has 0 radical (unpaired) electrons. The number of para-hydroxylation sites is 2. The van der Waals surface area contributed by atoms with Crippen LogP contribution in [0.1, 0.15) is 36.1 Å². The quantitative estimate of drug-likeness (QED) is 0.178. The SMILES string of the molecule is CC1(C)c2cc(N(c3ccccc3)c3ccc(C#N)c(F)c3)ccc2-c2cc3ccc(N(c4ccccc4)c4ccc(C#N)c(F)c4)cc3cc21. The molecule has 6 heteroatoms. The number of anilines is 6. The molecule has 0 bridgehead atoms. The van der Waals surface area contributed by atoms with Gasteiger partial charge in [0.1, 0.15) is 23.8 Å². The molecule has 0 heterocycles. The second-order valence-corrected chi connectivity index (χ2v) is 13.2. The van der Waals surface area contributed by atoms with Gasteiger partial charge in [0.05, 0.1) is 11.1 Å². The second-order valence-electron chi connectivity index (χ2n) is 13.2. The molecule has 7 aromatic rings. The number of fused-ring (bicyclic) bond motifs is 4. The van der Waals surface area contributed by atoms with Crippen molar-refractivity contribution in [1.82, 2.24) is 0 Å². The number of benzene rings is 7. The zero-order valence-electron chi connectivity index (χ0n) is 27.9. The molecule has 7 aromatic carbocycles. The van der Waals surface area contributed by atoms with E-state index in [1.165, 1.54) is 29.8 Å². The average molecular weight is 665 g/mol. The fourth-order valence-electron chi connectivity index (χ4n) is 7.25. The summed E-state index contributed by atoms with van der Waals surface area (Å²) >= 11 is 0. The van der Waals surface area contributed by atoms with Crippen molar-refractivity contribution in [3.63, 3.8) is 0 Å². The lowest BCUT2D eigenvalue weighted by Crippen LogP contribution is -2.16. The smallest absolute Gasteiger partial charge is 0.143 e. The highest BCUT2D eigenvalue weighted by molar-refractivity contribution is 5.97. The molecule has 0 spiro atoms. The molecule has 0 unspecified atom stereocenters. The molecule has 1 aliphatic carbocycles. The van der Waals surface area contributed by atoms with E-state index in [2.05, 4.69) is 56.3 Å². The highest BCUT2D eigenvalue weighted by atomic mass is 19.1. The monoisotopic (exact) mass is 664 g/mol. The largest absolute Gasteiger partial charge is 0.310 e. The molecule has 1 aliphatic rings. The third-order valence-electron chi connectivity index (χ3n) is 9.81. The molecule has 0 aliphatic heterocycles. The third kappa shape index (κ3) is 5.35. The standard InChI is InChI=1S/C45H30F2N4/c1-45(2)41-23-32-21-35(50(33-9-5-3-6-10-33)37-17-14-30(27-48)43(46)25-37)16-13-29(32)22-40(41)39-20-19-36(24-42(39)45)51(34-11-7-4-8-12-34)38-18-15-31(28-49)44(47)26-38/h3-26H,1-2H3. The lowest BCUT2D eigenvalue weighted by molar-refractivity contribution is 0.623. The zero-order valence-corrected chi connectivity index (χ0v) is 27.9. The van der Waals surface area contributed by atoms with Crippen molar-refractivity contribution < 1.29 is 8.78 Å². The van der Waals surface area contributed by atoms with Crippen LogP contribution in [0, 0.1) is 34.3 Å². The van der Waals surface area contributed by atoms with Crippen LogP contribution in [-0.4, -0.2) is 0 Å². The van der Waals surface area contributed by atoms with Crippen molar-refractivity contribution in [2.24, 2.45) is 0 Å². The van der Waals surface area contributed by atoms with E-state index < -0.39 is 11.6 Å². The molecule has 4 nitrogen and oxygen atoms in total. The highest BCUT2D eigenvalue weighted by Gasteiger charge is 2.36. The maximum absolute atomic E-state index is 14.9. The van der Waals surface area contributed by atoms with Crippen LogP contribution >= 0.6 is 0 Å². The predicted molar refractivity (Wildman–Crippen MR) is 200 cm³/mol. The lowest BCUT2D eigenvalue weighted by atomic mass is 9.81. The Labute approximate surface area is 295 Å². The topological polar surface area (TPSA) is 54.1 Å².